The fourth-order valence-electron chi connectivity index (χ4n) is 2.38. The lowest BCUT2D eigenvalue weighted by Gasteiger charge is -2.13. The van der Waals surface area contributed by atoms with Crippen molar-refractivity contribution in [1.82, 2.24) is 0 Å². The highest BCUT2D eigenvalue weighted by atomic mass is 16.5. The van der Waals surface area contributed by atoms with Gasteiger partial charge in [0.05, 0.1) is 6.10 Å². The Morgan fingerprint density at radius 1 is 0.700 bits per heavy atom. The minimum atomic E-state index is 0.422. The van der Waals surface area contributed by atoms with Crippen LogP contribution >= 0.6 is 0 Å². The van der Waals surface area contributed by atoms with E-state index >= 15 is 0 Å². The lowest BCUT2D eigenvalue weighted by Crippen LogP contribution is -2.09. The van der Waals surface area contributed by atoms with E-state index < -0.39 is 0 Å². The first-order valence-corrected chi connectivity index (χ1v) is 8.83. The van der Waals surface area contributed by atoms with Crippen LogP contribution < -0.4 is 0 Å². The van der Waals surface area contributed by atoms with Crippen molar-refractivity contribution in [3.8, 4) is 11.8 Å². The van der Waals surface area contributed by atoms with Gasteiger partial charge in [-0.3, -0.25) is 0 Å². The Morgan fingerprint density at radius 2 is 1.30 bits per heavy atom. The quantitative estimate of drug-likeness (QED) is 0.292. The zero-order valence-corrected chi connectivity index (χ0v) is 14.2. The van der Waals surface area contributed by atoms with E-state index in [1.54, 1.807) is 0 Å². The van der Waals surface area contributed by atoms with Gasteiger partial charge in [0, 0.05) is 20.0 Å². The molecular weight excluding hydrogens is 244 g/mol. The molecule has 118 valence electrons. The average molecular weight is 280 g/mol. The highest BCUT2D eigenvalue weighted by Crippen LogP contribution is 2.13. The van der Waals surface area contributed by atoms with E-state index in [0.29, 0.717) is 6.10 Å². The first-order valence-electron chi connectivity index (χ1n) is 8.83. The number of hydrogen-bond acceptors (Lipinski definition) is 1. The van der Waals surface area contributed by atoms with Gasteiger partial charge in [-0.05, 0) is 19.3 Å². The maximum atomic E-state index is 5.56. The van der Waals surface area contributed by atoms with Gasteiger partial charge in [0.2, 0.25) is 0 Å². The zero-order chi connectivity index (χ0) is 14.9. The van der Waals surface area contributed by atoms with Gasteiger partial charge in [0.15, 0.2) is 0 Å². The van der Waals surface area contributed by atoms with Gasteiger partial charge >= 0.3 is 0 Å². The van der Waals surface area contributed by atoms with Crippen LogP contribution in [0.3, 0.4) is 0 Å². The third kappa shape index (κ3) is 13.9. The Labute approximate surface area is 127 Å². The highest BCUT2D eigenvalue weighted by Gasteiger charge is 2.05. The molecule has 0 aliphatic rings. The zero-order valence-electron chi connectivity index (χ0n) is 14.2. The van der Waals surface area contributed by atoms with Crippen LogP contribution in [0.25, 0.3) is 0 Å². The number of ether oxygens (including phenoxy) is 1. The molecule has 1 atom stereocenters. The minimum Gasteiger partial charge on any atom is -0.381 e. The number of unbranched alkanes of at least 4 members (excludes halogenated alkanes) is 8. The monoisotopic (exact) mass is 280 g/mol. The van der Waals surface area contributed by atoms with Gasteiger partial charge in [-0.25, -0.2) is 0 Å². The van der Waals surface area contributed by atoms with Crippen molar-refractivity contribution in [3.05, 3.63) is 0 Å². The fraction of sp³-hybridized carbons (Fsp3) is 0.895. The standard InChI is InChI=1S/C19H36O/c1-4-6-8-10-12-14-16-18-19(20-3)17-15-13-11-9-7-5-2/h19H,4-10,12,14-18H2,1-3H3. The van der Waals surface area contributed by atoms with Crippen LogP contribution in [0.5, 0.6) is 0 Å². The molecule has 1 nitrogen and oxygen atoms in total. The van der Waals surface area contributed by atoms with E-state index in [1.165, 1.54) is 64.2 Å². The predicted molar refractivity (Wildman–Crippen MR) is 89.9 cm³/mol. The molecule has 0 aromatic rings. The Balaban J connectivity index is 3.44. The SMILES string of the molecule is CCCCC#CCCC(CCCCCCCCC)OC. The van der Waals surface area contributed by atoms with E-state index in [1.807, 2.05) is 7.11 Å². The summed E-state index contributed by atoms with van der Waals surface area (Å²) in [5.74, 6) is 6.54. The molecule has 0 spiro atoms. The largest absolute Gasteiger partial charge is 0.381 e. The Kier molecular flexibility index (Phi) is 16.2. The smallest absolute Gasteiger partial charge is 0.0580 e. The van der Waals surface area contributed by atoms with Gasteiger partial charge in [-0.15, -0.1) is 11.8 Å². The molecule has 0 amide bonds. The van der Waals surface area contributed by atoms with E-state index in [-0.39, 0.29) is 0 Å². The predicted octanol–water partition coefficient (Wildman–Crippen LogP) is 6.12. The lowest BCUT2D eigenvalue weighted by atomic mass is 10.0. The molecule has 0 bridgehead atoms. The fourth-order valence-corrected chi connectivity index (χ4v) is 2.38. The Bertz CT molecular complexity index is 236. The third-order valence-electron chi connectivity index (χ3n) is 3.83. The molecule has 0 heterocycles. The third-order valence-corrected chi connectivity index (χ3v) is 3.83. The van der Waals surface area contributed by atoms with Gasteiger partial charge in [0.1, 0.15) is 0 Å². The normalized spacial score (nSPS) is 11.9. The summed E-state index contributed by atoms with van der Waals surface area (Å²) in [6.07, 6.45) is 16.9. The Morgan fingerprint density at radius 3 is 1.95 bits per heavy atom. The van der Waals surface area contributed by atoms with Crippen molar-refractivity contribution in [2.24, 2.45) is 0 Å². The maximum Gasteiger partial charge on any atom is 0.0580 e. The average Bonchev–Trinajstić information content (AvgIpc) is 2.47. The van der Waals surface area contributed by atoms with E-state index in [9.17, 15) is 0 Å². The molecule has 0 fully saturated rings. The molecule has 0 saturated carbocycles. The second-order valence-electron chi connectivity index (χ2n) is 5.76. The molecule has 0 aliphatic carbocycles. The molecule has 0 aromatic heterocycles. The van der Waals surface area contributed by atoms with Crippen molar-refractivity contribution in [2.75, 3.05) is 7.11 Å². The summed E-state index contributed by atoms with van der Waals surface area (Å²) in [6, 6.07) is 0. The number of methoxy groups -OCH3 is 1. The molecule has 1 unspecified atom stereocenters. The van der Waals surface area contributed by atoms with E-state index in [2.05, 4.69) is 25.7 Å². The van der Waals surface area contributed by atoms with Crippen molar-refractivity contribution in [2.45, 2.75) is 103 Å². The molecule has 0 saturated heterocycles. The number of rotatable bonds is 13. The minimum absolute atomic E-state index is 0.422. The summed E-state index contributed by atoms with van der Waals surface area (Å²) in [4.78, 5) is 0. The Hall–Kier alpha value is -0.480. The summed E-state index contributed by atoms with van der Waals surface area (Å²) in [7, 11) is 1.84. The summed E-state index contributed by atoms with van der Waals surface area (Å²) >= 11 is 0. The molecule has 0 rings (SSSR count). The molecule has 0 N–H and O–H groups in total. The first kappa shape index (κ1) is 19.5. The molecule has 0 aromatic carbocycles. The summed E-state index contributed by atoms with van der Waals surface area (Å²) in [5, 5.41) is 0. The molecular formula is C19H36O. The second kappa shape index (κ2) is 16.6. The van der Waals surface area contributed by atoms with Gasteiger partial charge in [0.25, 0.3) is 0 Å². The van der Waals surface area contributed by atoms with E-state index in [0.717, 1.165) is 19.3 Å². The molecule has 0 aliphatic heterocycles. The summed E-state index contributed by atoms with van der Waals surface area (Å²) < 4.78 is 5.56. The van der Waals surface area contributed by atoms with Gasteiger partial charge in [-0.1, -0.05) is 65.2 Å². The summed E-state index contributed by atoms with van der Waals surface area (Å²) in [5.41, 5.74) is 0. The van der Waals surface area contributed by atoms with Crippen LogP contribution in [0.15, 0.2) is 0 Å². The van der Waals surface area contributed by atoms with Crippen LogP contribution in [0.4, 0.5) is 0 Å². The van der Waals surface area contributed by atoms with Crippen molar-refractivity contribution in [3.63, 3.8) is 0 Å². The summed E-state index contributed by atoms with van der Waals surface area (Å²) in [6.45, 7) is 4.49. The van der Waals surface area contributed by atoms with Crippen LogP contribution in [0.2, 0.25) is 0 Å². The molecule has 20 heavy (non-hydrogen) atoms. The first-order chi connectivity index (χ1) is 9.85. The molecule has 1 heteroatoms. The van der Waals surface area contributed by atoms with Crippen molar-refractivity contribution >= 4 is 0 Å². The van der Waals surface area contributed by atoms with Crippen molar-refractivity contribution in [1.29, 1.82) is 0 Å². The number of hydrogen-bond donors (Lipinski definition) is 0. The van der Waals surface area contributed by atoms with Gasteiger partial charge in [-0.2, -0.15) is 0 Å². The van der Waals surface area contributed by atoms with Crippen LogP contribution in [-0.2, 0) is 4.74 Å². The van der Waals surface area contributed by atoms with Crippen LogP contribution in [0, 0.1) is 11.8 Å². The topological polar surface area (TPSA) is 9.23 Å². The lowest BCUT2D eigenvalue weighted by molar-refractivity contribution is 0.0868. The second-order valence-corrected chi connectivity index (χ2v) is 5.76. The van der Waals surface area contributed by atoms with Crippen molar-refractivity contribution < 1.29 is 4.74 Å². The van der Waals surface area contributed by atoms with E-state index in [4.69, 9.17) is 4.74 Å². The maximum absolute atomic E-state index is 5.56. The molecule has 0 radical (unpaired) electrons. The highest BCUT2D eigenvalue weighted by molar-refractivity contribution is 4.98. The van der Waals surface area contributed by atoms with Gasteiger partial charge < -0.3 is 4.74 Å². The van der Waals surface area contributed by atoms with Crippen LogP contribution in [-0.4, -0.2) is 13.2 Å². The van der Waals surface area contributed by atoms with Crippen LogP contribution in [0.1, 0.15) is 97.3 Å².